The van der Waals surface area contributed by atoms with Crippen molar-refractivity contribution in [2.75, 3.05) is 12.3 Å². The Labute approximate surface area is 160 Å². The number of urea groups is 1. The van der Waals surface area contributed by atoms with Crippen LogP contribution in [-0.4, -0.2) is 29.1 Å². The number of amides is 3. The number of halogens is 2. The lowest BCUT2D eigenvalue weighted by Gasteiger charge is -2.22. The number of hydrogen-bond donors (Lipinski definition) is 1. The third kappa shape index (κ3) is 3.78. The van der Waals surface area contributed by atoms with Gasteiger partial charge in [0.15, 0.2) is 0 Å². The molecule has 0 spiro atoms. The van der Waals surface area contributed by atoms with E-state index in [0.29, 0.717) is 27.9 Å². The van der Waals surface area contributed by atoms with E-state index in [1.54, 1.807) is 43.0 Å². The fourth-order valence-electron chi connectivity index (χ4n) is 2.66. The molecule has 4 nitrogen and oxygen atoms in total. The van der Waals surface area contributed by atoms with Crippen molar-refractivity contribution in [2.24, 2.45) is 0 Å². The number of carbonyl (C=O) groups is 2. The third-order valence-electron chi connectivity index (χ3n) is 4.09. The molecule has 7 heteroatoms. The molecule has 130 valence electrons. The maximum Gasteiger partial charge on any atom is 0.325 e. The molecule has 0 saturated carbocycles. The van der Waals surface area contributed by atoms with Crippen LogP contribution in [0.15, 0.2) is 53.4 Å². The van der Waals surface area contributed by atoms with Gasteiger partial charge in [0.2, 0.25) is 0 Å². The second-order valence-electron chi connectivity index (χ2n) is 5.82. The van der Waals surface area contributed by atoms with Gasteiger partial charge in [0, 0.05) is 27.2 Å². The first-order valence-electron chi connectivity index (χ1n) is 7.69. The Morgan fingerprint density at radius 1 is 1.00 bits per heavy atom. The molecule has 3 rings (SSSR count). The largest absolute Gasteiger partial charge is 0.325 e. The van der Waals surface area contributed by atoms with Crippen LogP contribution in [-0.2, 0) is 10.3 Å². The van der Waals surface area contributed by atoms with Gasteiger partial charge in [-0.3, -0.25) is 9.69 Å². The monoisotopic (exact) mass is 394 g/mol. The highest BCUT2D eigenvalue weighted by Crippen LogP contribution is 2.30. The molecule has 1 N–H and O–H groups in total. The Morgan fingerprint density at radius 3 is 2.16 bits per heavy atom. The molecule has 1 heterocycles. The van der Waals surface area contributed by atoms with Crippen molar-refractivity contribution in [2.45, 2.75) is 17.4 Å². The van der Waals surface area contributed by atoms with E-state index >= 15 is 0 Å². The van der Waals surface area contributed by atoms with Crippen LogP contribution in [0.2, 0.25) is 10.0 Å². The van der Waals surface area contributed by atoms with Gasteiger partial charge in [-0.1, -0.05) is 35.3 Å². The number of rotatable bonds is 5. The SMILES string of the molecule is C[C@@]1(c2ccc(Cl)cc2)NC(=O)N(CCSc2ccc(Cl)cc2)C1=O. The zero-order valence-corrected chi connectivity index (χ0v) is 15.8. The minimum Gasteiger partial charge on any atom is -0.319 e. The molecule has 0 unspecified atom stereocenters. The number of nitrogens with one attached hydrogen (secondary N) is 1. The molecule has 2 aromatic carbocycles. The number of thioether (sulfide) groups is 1. The Kier molecular flexibility index (Phi) is 5.27. The number of imide groups is 1. The molecule has 1 aliphatic rings. The van der Waals surface area contributed by atoms with Gasteiger partial charge in [-0.2, -0.15) is 0 Å². The summed E-state index contributed by atoms with van der Waals surface area (Å²) in [6.07, 6.45) is 0. The number of benzene rings is 2. The Morgan fingerprint density at radius 2 is 1.56 bits per heavy atom. The highest BCUT2D eigenvalue weighted by molar-refractivity contribution is 7.99. The summed E-state index contributed by atoms with van der Waals surface area (Å²) in [6, 6.07) is 14.0. The zero-order chi connectivity index (χ0) is 18.0. The summed E-state index contributed by atoms with van der Waals surface area (Å²) in [5, 5.41) is 4.05. The number of carbonyl (C=O) groups excluding carboxylic acids is 2. The highest BCUT2D eigenvalue weighted by Gasteiger charge is 2.48. The third-order valence-corrected chi connectivity index (χ3v) is 5.59. The predicted molar refractivity (Wildman–Crippen MR) is 101 cm³/mol. The van der Waals surface area contributed by atoms with Crippen molar-refractivity contribution in [3.63, 3.8) is 0 Å². The van der Waals surface area contributed by atoms with Crippen LogP contribution in [0.4, 0.5) is 4.79 Å². The molecular formula is C18H16Cl2N2O2S. The number of hydrogen-bond acceptors (Lipinski definition) is 3. The van der Waals surface area contributed by atoms with E-state index in [-0.39, 0.29) is 11.9 Å². The molecule has 1 atom stereocenters. The Bertz CT molecular complexity index is 796. The average Bonchev–Trinajstić information content (AvgIpc) is 2.81. The van der Waals surface area contributed by atoms with Gasteiger partial charge in [-0.05, 0) is 48.9 Å². The summed E-state index contributed by atoms with van der Waals surface area (Å²) >= 11 is 13.3. The average molecular weight is 395 g/mol. The van der Waals surface area contributed by atoms with Crippen molar-refractivity contribution in [3.8, 4) is 0 Å². The summed E-state index contributed by atoms with van der Waals surface area (Å²) in [5.41, 5.74) is -0.352. The summed E-state index contributed by atoms with van der Waals surface area (Å²) < 4.78 is 0. The van der Waals surface area contributed by atoms with Gasteiger partial charge in [0.05, 0.1) is 0 Å². The molecule has 0 aromatic heterocycles. The smallest absolute Gasteiger partial charge is 0.319 e. The number of nitrogens with zero attached hydrogens (tertiary/aromatic N) is 1. The van der Waals surface area contributed by atoms with E-state index in [1.807, 2.05) is 24.3 Å². The van der Waals surface area contributed by atoms with Crippen molar-refractivity contribution >= 4 is 46.9 Å². The molecule has 0 radical (unpaired) electrons. The topological polar surface area (TPSA) is 49.4 Å². The normalized spacial score (nSPS) is 20.0. The molecule has 25 heavy (non-hydrogen) atoms. The standard InChI is InChI=1S/C18H16Cl2N2O2S/c1-18(12-2-4-13(19)5-3-12)16(23)22(17(24)21-18)10-11-25-15-8-6-14(20)7-9-15/h2-9H,10-11H2,1H3,(H,21,24)/t18-/m0/s1. The second-order valence-corrected chi connectivity index (χ2v) is 7.86. The quantitative estimate of drug-likeness (QED) is 0.597. The van der Waals surface area contributed by atoms with E-state index in [9.17, 15) is 9.59 Å². The molecular weight excluding hydrogens is 379 g/mol. The first-order valence-corrected chi connectivity index (χ1v) is 9.43. The summed E-state index contributed by atoms with van der Waals surface area (Å²) in [7, 11) is 0. The Hall–Kier alpha value is -1.69. The molecule has 1 aliphatic heterocycles. The van der Waals surface area contributed by atoms with Crippen LogP contribution < -0.4 is 5.32 Å². The van der Waals surface area contributed by atoms with Gasteiger partial charge in [0.1, 0.15) is 5.54 Å². The minimum absolute atomic E-state index is 0.253. The minimum atomic E-state index is -1.06. The summed E-state index contributed by atoms with van der Waals surface area (Å²) in [4.78, 5) is 27.4. The lowest BCUT2D eigenvalue weighted by Crippen LogP contribution is -2.41. The van der Waals surface area contributed by atoms with Gasteiger partial charge >= 0.3 is 6.03 Å². The maximum atomic E-state index is 12.8. The van der Waals surface area contributed by atoms with Crippen LogP contribution in [0.1, 0.15) is 12.5 Å². The van der Waals surface area contributed by atoms with Crippen LogP contribution >= 0.6 is 35.0 Å². The molecule has 1 fully saturated rings. The van der Waals surface area contributed by atoms with Gasteiger partial charge in [-0.25, -0.2) is 4.79 Å². The molecule has 2 aromatic rings. The van der Waals surface area contributed by atoms with Crippen molar-refractivity contribution < 1.29 is 9.59 Å². The van der Waals surface area contributed by atoms with Gasteiger partial charge in [0.25, 0.3) is 5.91 Å². The molecule has 0 aliphatic carbocycles. The van der Waals surface area contributed by atoms with Gasteiger partial charge < -0.3 is 5.32 Å². The van der Waals surface area contributed by atoms with Crippen molar-refractivity contribution in [1.82, 2.24) is 10.2 Å². The van der Waals surface area contributed by atoms with Crippen molar-refractivity contribution in [3.05, 3.63) is 64.1 Å². The van der Waals surface area contributed by atoms with E-state index in [0.717, 1.165) is 4.90 Å². The van der Waals surface area contributed by atoms with Crippen molar-refractivity contribution in [1.29, 1.82) is 0 Å². The highest BCUT2D eigenvalue weighted by atomic mass is 35.5. The molecule has 3 amide bonds. The first kappa shape index (κ1) is 18.1. The summed E-state index contributed by atoms with van der Waals surface area (Å²) in [6.45, 7) is 2.05. The Balaban J connectivity index is 1.66. The lowest BCUT2D eigenvalue weighted by atomic mass is 9.92. The lowest BCUT2D eigenvalue weighted by molar-refractivity contribution is -0.130. The zero-order valence-electron chi connectivity index (χ0n) is 13.5. The first-order chi connectivity index (χ1) is 11.9. The van der Waals surface area contributed by atoms with E-state index in [1.165, 1.54) is 4.90 Å². The molecule has 0 bridgehead atoms. The second kappa shape index (κ2) is 7.28. The fourth-order valence-corrected chi connectivity index (χ4v) is 3.75. The summed E-state index contributed by atoms with van der Waals surface area (Å²) in [5.74, 6) is 0.355. The molecule has 1 saturated heterocycles. The van der Waals surface area contributed by atoms with Crippen LogP contribution in [0.5, 0.6) is 0 Å². The van der Waals surface area contributed by atoms with Crippen LogP contribution in [0, 0.1) is 0 Å². The maximum absolute atomic E-state index is 12.8. The van der Waals surface area contributed by atoms with E-state index in [4.69, 9.17) is 23.2 Å². The predicted octanol–water partition coefficient (Wildman–Crippen LogP) is 4.55. The van der Waals surface area contributed by atoms with Crippen LogP contribution in [0.25, 0.3) is 0 Å². The van der Waals surface area contributed by atoms with E-state index < -0.39 is 5.54 Å². The van der Waals surface area contributed by atoms with E-state index in [2.05, 4.69) is 5.32 Å². The fraction of sp³-hybridized carbons (Fsp3) is 0.222. The van der Waals surface area contributed by atoms with Gasteiger partial charge in [-0.15, -0.1) is 11.8 Å². The van der Waals surface area contributed by atoms with Crippen LogP contribution in [0.3, 0.4) is 0 Å².